The molecule has 0 atom stereocenters. The van der Waals surface area contributed by atoms with E-state index in [0.29, 0.717) is 5.02 Å². The molecule has 0 aliphatic carbocycles. The second-order valence-corrected chi connectivity index (χ2v) is 5.73. The Morgan fingerprint density at radius 3 is 2.39 bits per heavy atom. The van der Waals surface area contributed by atoms with Crippen LogP contribution in [0.1, 0.15) is 0 Å². The molecule has 0 amide bonds. The summed E-state index contributed by atoms with van der Waals surface area (Å²) in [4.78, 5) is 0. The Kier molecular flexibility index (Phi) is 3.59. The molecule has 0 unspecified atom stereocenters. The van der Waals surface area contributed by atoms with Crippen LogP contribution in [0.25, 0.3) is 11.1 Å². The van der Waals surface area contributed by atoms with Gasteiger partial charge in [-0.2, -0.15) is 8.42 Å². The molecule has 5 heteroatoms. The minimum atomic E-state index is -3.54. The normalized spacial score (nSPS) is 11.2. The van der Waals surface area contributed by atoms with Gasteiger partial charge in [0.25, 0.3) is 0 Å². The third-order valence-electron chi connectivity index (χ3n) is 2.16. The van der Waals surface area contributed by atoms with Crippen molar-refractivity contribution in [1.82, 2.24) is 0 Å². The first-order valence-electron chi connectivity index (χ1n) is 5.12. The Hall–Kier alpha value is -1.52. The van der Waals surface area contributed by atoms with Crippen molar-refractivity contribution in [3.63, 3.8) is 0 Å². The Labute approximate surface area is 111 Å². The second-order valence-electron chi connectivity index (χ2n) is 3.72. The van der Waals surface area contributed by atoms with Gasteiger partial charge in [0.05, 0.1) is 6.26 Å². The van der Waals surface area contributed by atoms with Gasteiger partial charge in [0.2, 0.25) is 0 Å². The molecule has 1 radical (unpaired) electrons. The molecular formula is C13H10ClO3S. The summed E-state index contributed by atoms with van der Waals surface area (Å²) < 4.78 is 26.8. The molecule has 0 aliphatic rings. The molecule has 0 bridgehead atoms. The van der Waals surface area contributed by atoms with Gasteiger partial charge in [-0.15, -0.1) is 0 Å². The Balaban J connectivity index is 2.35. The van der Waals surface area contributed by atoms with Gasteiger partial charge in [-0.3, -0.25) is 0 Å². The van der Waals surface area contributed by atoms with E-state index in [0.717, 1.165) is 17.4 Å². The second kappa shape index (κ2) is 5.00. The zero-order valence-corrected chi connectivity index (χ0v) is 11.1. The zero-order chi connectivity index (χ0) is 13.2. The van der Waals surface area contributed by atoms with E-state index in [1.165, 1.54) is 0 Å². The molecule has 18 heavy (non-hydrogen) atoms. The summed E-state index contributed by atoms with van der Waals surface area (Å²) in [7, 11) is -3.54. The van der Waals surface area contributed by atoms with Crippen LogP contribution in [0.3, 0.4) is 0 Å². The summed E-state index contributed by atoms with van der Waals surface area (Å²) in [6, 6.07) is 15.1. The number of hydrogen-bond acceptors (Lipinski definition) is 3. The fourth-order valence-electron chi connectivity index (χ4n) is 1.46. The van der Waals surface area contributed by atoms with Crippen molar-refractivity contribution in [2.45, 2.75) is 0 Å². The van der Waals surface area contributed by atoms with Gasteiger partial charge in [0, 0.05) is 11.1 Å². The smallest absolute Gasteiger partial charge is 0.306 e. The Morgan fingerprint density at radius 2 is 1.78 bits per heavy atom. The van der Waals surface area contributed by atoms with E-state index < -0.39 is 10.1 Å². The van der Waals surface area contributed by atoms with E-state index in [-0.39, 0.29) is 5.75 Å². The quantitative estimate of drug-likeness (QED) is 0.812. The van der Waals surface area contributed by atoms with E-state index in [1.54, 1.807) is 24.3 Å². The molecule has 0 heterocycles. The van der Waals surface area contributed by atoms with E-state index in [4.69, 9.17) is 15.8 Å². The Bertz CT molecular complexity index is 648. The maximum Gasteiger partial charge on any atom is 0.306 e. The summed E-state index contributed by atoms with van der Waals surface area (Å²) in [5.41, 5.74) is 1.63. The summed E-state index contributed by atoms with van der Waals surface area (Å²) in [6.45, 7) is 0. The van der Waals surface area contributed by atoms with Crippen molar-refractivity contribution >= 4 is 21.7 Å². The van der Waals surface area contributed by atoms with Gasteiger partial charge in [0.1, 0.15) is 0 Å². The molecule has 0 fully saturated rings. The van der Waals surface area contributed by atoms with E-state index in [9.17, 15) is 8.42 Å². The first kappa shape index (κ1) is 12.9. The van der Waals surface area contributed by atoms with E-state index >= 15 is 0 Å². The van der Waals surface area contributed by atoms with Crippen molar-refractivity contribution in [3.05, 3.63) is 53.6 Å². The largest absolute Gasteiger partial charge is 0.382 e. The summed E-state index contributed by atoms with van der Waals surface area (Å²) >= 11 is 5.80. The first-order valence-corrected chi connectivity index (χ1v) is 7.31. The number of halogens is 1. The van der Waals surface area contributed by atoms with Crippen molar-refractivity contribution in [3.8, 4) is 16.9 Å². The summed E-state index contributed by atoms with van der Waals surface area (Å²) in [5.74, 6) is 0.171. The van der Waals surface area contributed by atoms with Crippen LogP contribution in [0.15, 0.2) is 42.5 Å². The summed E-state index contributed by atoms with van der Waals surface area (Å²) in [5, 5.41) is 0.641. The van der Waals surface area contributed by atoms with Crippen LogP contribution in [0.2, 0.25) is 5.02 Å². The maximum absolute atomic E-state index is 11.0. The standard InChI is InChI=1S/C13H10ClO3S/c1-18(15,16)17-13-4-2-3-11(9-13)10-5-7-12(14)8-6-10/h2-8H,1H3. The lowest BCUT2D eigenvalue weighted by Crippen LogP contribution is -2.05. The molecule has 0 N–H and O–H groups in total. The van der Waals surface area contributed by atoms with Crippen LogP contribution in [-0.4, -0.2) is 14.7 Å². The summed E-state index contributed by atoms with van der Waals surface area (Å²) in [6.07, 6.45) is 0.996. The highest BCUT2D eigenvalue weighted by Crippen LogP contribution is 2.24. The highest BCUT2D eigenvalue weighted by atomic mass is 35.5. The average molecular weight is 282 g/mol. The van der Waals surface area contributed by atoms with Crippen molar-refractivity contribution < 1.29 is 12.6 Å². The highest BCUT2D eigenvalue weighted by molar-refractivity contribution is 7.86. The van der Waals surface area contributed by atoms with Gasteiger partial charge >= 0.3 is 10.1 Å². The van der Waals surface area contributed by atoms with Crippen LogP contribution in [0.4, 0.5) is 0 Å². The first-order chi connectivity index (χ1) is 8.44. The minimum Gasteiger partial charge on any atom is -0.382 e. The molecule has 3 nitrogen and oxygen atoms in total. The molecule has 2 rings (SSSR count). The number of hydrogen-bond donors (Lipinski definition) is 0. The fraction of sp³-hybridized carbons (Fsp3) is 0.0769. The zero-order valence-electron chi connectivity index (χ0n) is 9.55. The molecule has 0 saturated carbocycles. The van der Waals surface area contributed by atoms with Crippen LogP contribution in [0.5, 0.6) is 5.75 Å². The van der Waals surface area contributed by atoms with Gasteiger partial charge in [-0.05, 0) is 29.3 Å². The SMILES string of the molecule is CS(=O)(=O)Oc1[c]c(-c2ccc(Cl)cc2)ccc1. The maximum atomic E-state index is 11.0. The predicted molar refractivity (Wildman–Crippen MR) is 71.2 cm³/mol. The van der Waals surface area contributed by atoms with Gasteiger partial charge < -0.3 is 4.18 Å². The van der Waals surface area contributed by atoms with Gasteiger partial charge in [-0.1, -0.05) is 35.9 Å². The van der Waals surface area contributed by atoms with Crippen LogP contribution in [0, 0.1) is 6.07 Å². The van der Waals surface area contributed by atoms with E-state index in [1.807, 2.05) is 18.2 Å². The molecule has 0 aliphatic heterocycles. The topological polar surface area (TPSA) is 43.4 Å². The third-order valence-corrected chi connectivity index (χ3v) is 2.90. The molecule has 0 spiro atoms. The molecular weight excluding hydrogens is 272 g/mol. The Morgan fingerprint density at radius 1 is 1.11 bits per heavy atom. The lowest BCUT2D eigenvalue weighted by atomic mass is 10.1. The average Bonchev–Trinajstić information content (AvgIpc) is 2.28. The monoisotopic (exact) mass is 281 g/mol. The van der Waals surface area contributed by atoms with Crippen molar-refractivity contribution in [2.24, 2.45) is 0 Å². The molecule has 0 saturated heterocycles. The minimum absolute atomic E-state index is 0.171. The third kappa shape index (κ3) is 3.48. The lowest BCUT2D eigenvalue weighted by Gasteiger charge is -2.05. The highest BCUT2D eigenvalue weighted by Gasteiger charge is 2.06. The van der Waals surface area contributed by atoms with Gasteiger partial charge in [-0.25, -0.2) is 0 Å². The molecule has 2 aromatic rings. The van der Waals surface area contributed by atoms with Crippen LogP contribution < -0.4 is 4.18 Å². The molecule has 93 valence electrons. The fourth-order valence-corrected chi connectivity index (χ4v) is 2.01. The van der Waals surface area contributed by atoms with Gasteiger partial charge in [0.15, 0.2) is 5.75 Å². The van der Waals surface area contributed by atoms with Crippen LogP contribution >= 0.6 is 11.6 Å². The van der Waals surface area contributed by atoms with E-state index in [2.05, 4.69) is 6.07 Å². The van der Waals surface area contributed by atoms with Crippen LogP contribution in [-0.2, 0) is 10.1 Å². The van der Waals surface area contributed by atoms with Crippen molar-refractivity contribution in [2.75, 3.05) is 6.26 Å². The lowest BCUT2D eigenvalue weighted by molar-refractivity contribution is 0.492. The predicted octanol–water partition coefficient (Wildman–Crippen LogP) is 3.15. The number of benzene rings is 2. The molecule has 0 aromatic heterocycles. The molecule has 2 aromatic carbocycles. The van der Waals surface area contributed by atoms with Crippen molar-refractivity contribution in [1.29, 1.82) is 0 Å². The number of rotatable bonds is 3.